The highest BCUT2D eigenvalue weighted by Gasteiger charge is 2.40. The Labute approximate surface area is 219 Å². The van der Waals surface area contributed by atoms with E-state index in [9.17, 15) is 18.0 Å². The van der Waals surface area contributed by atoms with Crippen molar-refractivity contribution in [3.63, 3.8) is 0 Å². The molecule has 5 rings (SSSR count). The first-order valence-corrected chi connectivity index (χ1v) is 12.7. The molecule has 0 bridgehead atoms. The van der Waals surface area contributed by atoms with Crippen LogP contribution in [0.3, 0.4) is 0 Å². The number of nitrogens with zero attached hydrogens (tertiary/aromatic N) is 2. The van der Waals surface area contributed by atoms with E-state index in [4.69, 9.17) is 0 Å². The quantitative estimate of drug-likeness (QED) is 0.323. The second-order valence-corrected chi connectivity index (χ2v) is 10.5. The van der Waals surface area contributed by atoms with Crippen molar-refractivity contribution in [2.24, 2.45) is 0 Å². The second-order valence-electron chi connectivity index (χ2n) is 10.5. The summed E-state index contributed by atoms with van der Waals surface area (Å²) in [6.07, 6.45) is -1.58. The van der Waals surface area contributed by atoms with Crippen LogP contribution in [-0.2, 0) is 22.9 Å². The van der Waals surface area contributed by atoms with Crippen LogP contribution in [0.25, 0.3) is 0 Å². The topological polar surface area (TPSA) is 91.0 Å². The highest BCUT2D eigenvalue weighted by molar-refractivity contribution is 6.06. The highest BCUT2D eigenvalue weighted by Crippen LogP contribution is 2.40. The molecule has 7 nitrogen and oxygen atoms in total. The smallest absolute Gasteiger partial charge is 0.365 e. The molecule has 0 spiro atoms. The Morgan fingerprint density at radius 2 is 2.00 bits per heavy atom. The van der Waals surface area contributed by atoms with Crippen LogP contribution in [0.4, 0.5) is 36.3 Å². The first kappa shape index (κ1) is 26.0. The molecular weight excluding hydrogens is 493 g/mol. The van der Waals surface area contributed by atoms with Gasteiger partial charge in [0.25, 0.3) is 0 Å². The van der Waals surface area contributed by atoms with Gasteiger partial charge in [0.15, 0.2) is 0 Å². The number of fused-ring (bicyclic) bond motifs is 1. The van der Waals surface area contributed by atoms with Crippen LogP contribution in [0.1, 0.15) is 60.4 Å². The lowest BCUT2D eigenvalue weighted by Crippen LogP contribution is -2.28. The molecule has 2 aliphatic heterocycles. The number of aryl methyl sites for hydroxylation is 1. The van der Waals surface area contributed by atoms with E-state index in [0.717, 1.165) is 54.5 Å². The Morgan fingerprint density at radius 1 is 1.18 bits per heavy atom. The van der Waals surface area contributed by atoms with Gasteiger partial charge in [0.2, 0.25) is 11.9 Å². The number of benzene rings is 2. The van der Waals surface area contributed by atoms with Crippen LogP contribution >= 0.6 is 0 Å². The van der Waals surface area contributed by atoms with E-state index >= 15 is 0 Å². The zero-order valence-electron chi connectivity index (χ0n) is 21.6. The summed E-state index contributed by atoms with van der Waals surface area (Å²) >= 11 is 0. The molecule has 1 unspecified atom stereocenters. The molecule has 1 fully saturated rings. The fraction of sp³-hybridized carbons (Fsp3) is 0.393. The number of aromatic nitrogens is 2. The maximum Gasteiger partial charge on any atom is 0.421 e. The minimum absolute atomic E-state index is 0.0598. The van der Waals surface area contributed by atoms with Gasteiger partial charge in [-0.15, -0.1) is 0 Å². The Kier molecular flexibility index (Phi) is 6.77. The van der Waals surface area contributed by atoms with Crippen molar-refractivity contribution in [3.05, 3.63) is 70.4 Å². The molecule has 1 saturated heterocycles. The fourth-order valence-corrected chi connectivity index (χ4v) is 5.28. The number of rotatable bonds is 6. The molecule has 38 heavy (non-hydrogen) atoms. The van der Waals surface area contributed by atoms with Crippen molar-refractivity contribution in [2.75, 3.05) is 29.0 Å². The van der Waals surface area contributed by atoms with E-state index in [1.54, 1.807) is 32.0 Å². The van der Waals surface area contributed by atoms with Gasteiger partial charge in [-0.3, -0.25) is 4.79 Å². The maximum absolute atomic E-state index is 13.8. The van der Waals surface area contributed by atoms with E-state index in [2.05, 4.69) is 37.3 Å². The number of piperidine rings is 1. The van der Waals surface area contributed by atoms with Gasteiger partial charge < -0.3 is 21.3 Å². The van der Waals surface area contributed by atoms with Gasteiger partial charge in [0, 0.05) is 30.7 Å². The molecule has 2 aliphatic rings. The molecule has 1 aromatic heterocycles. The Balaban J connectivity index is 1.39. The van der Waals surface area contributed by atoms with Crippen molar-refractivity contribution in [3.8, 4) is 0 Å². The average Bonchev–Trinajstić information content (AvgIpc) is 3.12. The number of carbonyl (C=O) groups excluding carboxylic acids is 1. The molecule has 0 saturated carbocycles. The molecule has 0 radical (unpaired) electrons. The third kappa shape index (κ3) is 5.05. The zero-order valence-corrected chi connectivity index (χ0v) is 21.6. The molecule has 3 heterocycles. The predicted octanol–water partition coefficient (Wildman–Crippen LogP) is 5.86. The lowest BCUT2D eigenvalue weighted by Gasteiger charge is -2.24. The van der Waals surface area contributed by atoms with Crippen molar-refractivity contribution in [1.82, 2.24) is 15.3 Å². The van der Waals surface area contributed by atoms with Gasteiger partial charge in [0.05, 0.1) is 5.41 Å². The number of nitrogens with one attached hydrogen (secondary N) is 4. The average molecular weight is 525 g/mol. The number of hydrogen-bond donors (Lipinski definition) is 4. The summed E-state index contributed by atoms with van der Waals surface area (Å²) in [6, 6.07) is 11.4. The van der Waals surface area contributed by atoms with Gasteiger partial charge in [-0.1, -0.05) is 24.3 Å². The summed E-state index contributed by atoms with van der Waals surface area (Å²) in [4.78, 5) is 20.6. The predicted molar refractivity (Wildman–Crippen MR) is 142 cm³/mol. The van der Waals surface area contributed by atoms with Gasteiger partial charge in [-0.05, 0) is 80.5 Å². The number of halogens is 3. The number of alkyl halides is 3. The van der Waals surface area contributed by atoms with Crippen LogP contribution in [-0.4, -0.2) is 29.0 Å². The highest BCUT2D eigenvalue weighted by atomic mass is 19.4. The standard InChI is InChI=1S/C28H31F3N6O/c1-16-12-17(18-7-5-11-32-13-18)9-10-21(16)36-26-34-15-20(28(29,30)31)24(37-26)33-14-19-6-4-8-22-23(19)27(2,3)25(38)35-22/h4,6,8-10,12,15,18,32H,5,7,11,13-14H2,1-3H3,(H,35,38)(H2,33,34,36,37). The lowest BCUT2D eigenvalue weighted by molar-refractivity contribution is -0.137. The van der Waals surface area contributed by atoms with Crippen LogP contribution < -0.4 is 21.3 Å². The van der Waals surface area contributed by atoms with Crippen LogP contribution in [0.2, 0.25) is 0 Å². The lowest BCUT2D eigenvalue weighted by atomic mass is 9.83. The molecule has 4 N–H and O–H groups in total. The Bertz CT molecular complexity index is 1370. The fourth-order valence-electron chi connectivity index (χ4n) is 5.28. The summed E-state index contributed by atoms with van der Waals surface area (Å²) in [5, 5.41) is 12.2. The van der Waals surface area contributed by atoms with Crippen molar-refractivity contribution >= 4 is 29.0 Å². The first-order valence-electron chi connectivity index (χ1n) is 12.7. The Morgan fingerprint density at radius 3 is 2.71 bits per heavy atom. The molecule has 1 amide bonds. The second kappa shape index (κ2) is 9.90. The number of amides is 1. The number of carbonyl (C=O) groups is 1. The van der Waals surface area contributed by atoms with Crippen LogP contribution in [0.15, 0.2) is 42.6 Å². The van der Waals surface area contributed by atoms with Gasteiger partial charge in [-0.2, -0.15) is 18.2 Å². The number of anilines is 4. The molecule has 2 aromatic carbocycles. The SMILES string of the molecule is Cc1cc(C2CCCNC2)ccc1Nc1ncc(C(F)(F)F)c(NCc2cccc3c2C(C)(C)C(=O)N3)n1. The van der Waals surface area contributed by atoms with Gasteiger partial charge in [0.1, 0.15) is 11.4 Å². The first-order chi connectivity index (χ1) is 18.0. The Hall–Kier alpha value is -3.66. The van der Waals surface area contributed by atoms with E-state index in [1.807, 2.05) is 19.1 Å². The van der Waals surface area contributed by atoms with Crippen molar-refractivity contribution in [1.29, 1.82) is 0 Å². The zero-order chi connectivity index (χ0) is 27.1. The summed E-state index contributed by atoms with van der Waals surface area (Å²) in [7, 11) is 0. The molecular formula is C28H31F3N6O. The van der Waals surface area contributed by atoms with E-state index in [0.29, 0.717) is 11.6 Å². The summed E-state index contributed by atoms with van der Waals surface area (Å²) in [6.45, 7) is 7.59. The number of hydrogen-bond acceptors (Lipinski definition) is 6. The van der Waals surface area contributed by atoms with E-state index in [-0.39, 0.29) is 24.2 Å². The normalized spacial score (nSPS) is 18.6. The van der Waals surface area contributed by atoms with Gasteiger partial charge >= 0.3 is 6.18 Å². The van der Waals surface area contributed by atoms with E-state index < -0.39 is 17.2 Å². The van der Waals surface area contributed by atoms with E-state index in [1.165, 1.54) is 5.56 Å². The van der Waals surface area contributed by atoms with Gasteiger partial charge in [-0.25, -0.2) is 4.98 Å². The molecule has 0 aliphatic carbocycles. The molecule has 1 atom stereocenters. The minimum Gasteiger partial charge on any atom is -0.365 e. The molecule has 3 aromatic rings. The summed E-state index contributed by atoms with van der Waals surface area (Å²) in [5.74, 6) is 0.0338. The maximum atomic E-state index is 13.8. The van der Waals surface area contributed by atoms with Crippen LogP contribution in [0, 0.1) is 6.92 Å². The summed E-state index contributed by atoms with van der Waals surface area (Å²) < 4.78 is 41.4. The largest absolute Gasteiger partial charge is 0.421 e. The third-order valence-corrected chi connectivity index (χ3v) is 7.40. The molecule has 10 heteroatoms. The minimum atomic E-state index is -4.64. The monoisotopic (exact) mass is 524 g/mol. The van der Waals surface area contributed by atoms with Crippen molar-refractivity contribution < 1.29 is 18.0 Å². The van der Waals surface area contributed by atoms with Crippen molar-refractivity contribution in [2.45, 2.75) is 57.7 Å². The van der Waals surface area contributed by atoms with Crippen LogP contribution in [0.5, 0.6) is 0 Å². The summed E-state index contributed by atoms with van der Waals surface area (Å²) in [5.41, 5.74) is 3.33. The third-order valence-electron chi connectivity index (χ3n) is 7.40. The molecule has 200 valence electrons.